The molecule has 1 amide bonds. The van der Waals surface area contributed by atoms with Gasteiger partial charge in [-0.3, -0.25) is 4.79 Å². The third-order valence-corrected chi connectivity index (χ3v) is 5.69. The van der Waals surface area contributed by atoms with E-state index in [1.807, 2.05) is 0 Å². The lowest BCUT2D eigenvalue weighted by molar-refractivity contribution is -0.141. The molecule has 1 atom stereocenters. The zero-order valence-corrected chi connectivity index (χ0v) is 17.0. The molecule has 1 N–H and O–H groups in total. The van der Waals surface area contributed by atoms with Crippen molar-refractivity contribution in [3.8, 4) is 11.5 Å². The van der Waals surface area contributed by atoms with Gasteiger partial charge >= 0.3 is 5.97 Å². The highest BCUT2D eigenvalue weighted by molar-refractivity contribution is 6.42. The molecule has 29 heavy (non-hydrogen) atoms. The quantitative estimate of drug-likeness (QED) is 0.725. The van der Waals surface area contributed by atoms with Crippen molar-refractivity contribution in [1.82, 2.24) is 5.32 Å². The van der Waals surface area contributed by atoms with Gasteiger partial charge in [-0.15, -0.1) is 0 Å². The minimum atomic E-state index is -0.542. The van der Waals surface area contributed by atoms with Gasteiger partial charge in [0.1, 0.15) is 6.61 Å². The lowest BCUT2D eigenvalue weighted by atomic mass is 9.84. The molecule has 0 bridgehead atoms. The number of esters is 1. The Morgan fingerprint density at radius 1 is 1.21 bits per heavy atom. The van der Waals surface area contributed by atoms with E-state index in [2.05, 4.69) is 5.32 Å². The molecule has 150 valence electrons. The van der Waals surface area contributed by atoms with E-state index in [1.54, 1.807) is 43.3 Å². The van der Waals surface area contributed by atoms with Crippen molar-refractivity contribution in [2.45, 2.75) is 25.9 Å². The van der Waals surface area contributed by atoms with Crippen LogP contribution in [0.5, 0.6) is 11.5 Å². The minimum Gasteiger partial charge on any atom is -0.457 e. The van der Waals surface area contributed by atoms with Crippen LogP contribution in [0, 0.1) is 0 Å². The summed E-state index contributed by atoms with van der Waals surface area (Å²) in [4.78, 5) is 25.0. The van der Waals surface area contributed by atoms with Crippen LogP contribution in [0.1, 0.15) is 30.4 Å². The van der Waals surface area contributed by atoms with Gasteiger partial charge in [-0.25, -0.2) is 4.79 Å². The Morgan fingerprint density at radius 2 is 2.00 bits per heavy atom. The highest BCUT2D eigenvalue weighted by atomic mass is 35.5. The summed E-state index contributed by atoms with van der Waals surface area (Å²) < 4.78 is 16.2. The molecule has 6 nitrogen and oxygen atoms in total. The van der Waals surface area contributed by atoms with E-state index in [0.29, 0.717) is 38.4 Å². The Kier molecular flexibility index (Phi) is 5.39. The van der Waals surface area contributed by atoms with Crippen molar-refractivity contribution >= 4 is 35.1 Å². The number of benzene rings is 2. The zero-order chi connectivity index (χ0) is 20.5. The van der Waals surface area contributed by atoms with Gasteiger partial charge in [0.25, 0.3) is 0 Å². The molecule has 0 saturated carbocycles. The van der Waals surface area contributed by atoms with E-state index in [-0.39, 0.29) is 25.7 Å². The smallest absolute Gasteiger partial charge is 0.336 e. The Balaban J connectivity index is 1.58. The molecule has 0 radical (unpaired) electrons. The third-order valence-electron chi connectivity index (χ3n) is 4.85. The lowest BCUT2D eigenvalue weighted by Crippen LogP contribution is -2.34. The number of carbonyl (C=O) groups excluding carboxylic acids is 2. The van der Waals surface area contributed by atoms with Crippen LogP contribution in [0.2, 0.25) is 10.0 Å². The molecule has 4 rings (SSSR count). The van der Waals surface area contributed by atoms with Gasteiger partial charge < -0.3 is 19.5 Å². The highest BCUT2D eigenvalue weighted by Gasteiger charge is 2.34. The maximum absolute atomic E-state index is 12.9. The Bertz CT molecular complexity index is 1030. The summed E-state index contributed by atoms with van der Waals surface area (Å²) in [6, 6.07) is 10.5. The van der Waals surface area contributed by atoms with Crippen LogP contribution in [-0.2, 0) is 20.9 Å². The monoisotopic (exact) mass is 433 g/mol. The molecule has 0 fully saturated rings. The molecule has 2 heterocycles. The van der Waals surface area contributed by atoms with Gasteiger partial charge in [-0.2, -0.15) is 0 Å². The van der Waals surface area contributed by atoms with Crippen molar-refractivity contribution in [3.05, 3.63) is 68.8 Å². The molecule has 0 unspecified atom stereocenters. The standard InChI is InChI=1S/C21H17Cl2NO5/c1-11-19(14(8-18(25)24-11)13-3-2-4-15(22)20(13)23)21(26)27-9-12-5-6-16-17(7-12)29-10-28-16/h2-7,14H,8-10H2,1H3,(H,24,25)/t14-/m1/s1. The third kappa shape index (κ3) is 3.91. The summed E-state index contributed by atoms with van der Waals surface area (Å²) in [7, 11) is 0. The molecule has 2 aromatic carbocycles. The van der Waals surface area contributed by atoms with E-state index < -0.39 is 11.9 Å². The van der Waals surface area contributed by atoms with Crippen molar-refractivity contribution in [1.29, 1.82) is 0 Å². The maximum atomic E-state index is 12.9. The van der Waals surface area contributed by atoms with Crippen molar-refractivity contribution in [3.63, 3.8) is 0 Å². The fourth-order valence-corrected chi connectivity index (χ4v) is 3.92. The molecular formula is C21H17Cl2NO5. The van der Waals surface area contributed by atoms with Gasteiger partial charge in [-0.1, -0.05) is 41.4 Å². The van der Waals surface area contributed by atoms with Gasteiger partial charge in [0, 0.05) is 18.0 Å². The number of allylic oxidation sites excluding steroid dienone is 1. The number of nitrogens with one attached hydrogen (secondary N) is 1. The molecule has 0 aromatic heterocycles. The second-order valence-corrected chi connectivity index (χ2v) is 7.54. The topological polar surface area (TPSA) is 73.9 Å². The molecular weight excluding hydrogens is 417 g/mol. The number of fused-ring (bicyclic) bond motifs is 1. The molecule has 8 heteroatoms. The predicted octanol–water partition coefficient (Wildman–Crippen LogP) is 4.34. The number of amides is 1. The van der Waals surface area contributed by atoms with Gasteiger partial charge in [0.05, 0.1) is 15.6 Å². The first-order chi connectivity index (χ1) is 13.9. The van der Waals surface area contributed by atoms with Crippen LogP contribution in [0.4, 0.5) is 0 Å². The first-order valence-electron chi connectivity index (χ1n) is 8.94. The Morgan fingerprint density at radius 3 is 2.83 bits per heavy atom. The Labute approximate surface area is 177 Å². The number of hydrogen-bond donors (Lipinski definition) is 1. The summed E-state index contributed by atoms with van der Waals surface area (Å²) in [5, 5.41) is 3.39. The second kappa shape index (κ2) is 7.97. The number of halogens is 2. The Hall–Kier alpha value is -2.70. The second-order valence-electron chi connectivity index (χ2n) is 6.75. The van der Waals surface area contributed by atoms with E-state index in [4.69, 9.17) is 37.4 Å². The molecule has 2 aliphatic heterocycles. The number of hydrogen-bond acceptors (Lipinski definition) is 5. The first kappa shape index (κ1) is 19.6. The summed E-state index contributed by atoms with van der Waals surface area (Å²) >= 11 is 12.5. The van der Waals surface area contributed by atoms with E-state index in [1.165, 1.54) is 0 Å². The number of carbonyl (C=O) groups is 2. The largest absolute Gasteiger partial charge is 0.457 e. The van der Waals surface area contributed by atoms with Crippen LogP contribution >= 0.6 is 23.2 Å². The maximum Gasteiger partial charge on any atom is 0.336 e. The fourth-order valence-electron chi connectivity index (χ4n) is 3.48. The number of rotatable bonds is 4. The first-order valence-corrected chi connectivity index (χ1v) is 9.70. The van der Waals surface area contributed by atoms with E-state index in [0.717, 1.165) is 5.56 Å². The average molecular weight is 434 g/mol. The molecule has 0 spiro atoms. The van der Waals surface area contributed by atoms with Crippen LogP contribution < -0.4 is 14.8 Å². The molecule has 2 aliphatic rings. The highest BCUT2D eigenvalue weighted by Crippen LogP contribution is 2.40. The van der Waals surface area contributed by atoms with Crippen molar-refractivity contribution in [2.75, 3.05) is 6.79 Å². The minimum absolute atomic E-state index is 0.0518. The van der Waals surface area contributed by atoms with Crippen LogP contribution in [-0.4, -0.2) is 18.7 Å². The fraction of sp³-hybridized carbons (Fsp3) is 0.238. The van der Waals surface area contributed by atoms with Crippen LogP contribution in [0.3, 0.4) is 0 Å². The SMILES string of the molecule is CC1=C(C(=O)OCc2ccc3c(c2)OCO3)[C@@H](c2cccc(Cl)c2Cl)CC(=O)N1. The van der Waals surface area contributed by atoms with Gasteiger partial charge in [-0.05, 0) is 36.2 Å². The summed E-state index contributed by atoms with van der Waals surface area (Å²) in [5.41, 5.74) is 2.17. The molecule has 0 saturated heterocycles. The van der Waals surface area contributed by atoms with Gasteiger partial charge in [0.15, 0.2) is 11.5 Å². The van der Waals surface area contributed by atoms with Crippen molar-refractivity contribution in [2.24, 2.45) is 0 Å². The summed E-state index contributed by atoms with van der Waals surface area (Å²) in [6.45, 7) is 1.89. The van der Waals surface area contributed by atoms with Crippen LogP contribution in [0.25, 0.3) is 0 Å². The van der Waals surface area contributed by atoms with E-state index in [9.17, 15) is 9.59 Å². The molecule has 0 aliphatic carbocycles. The molecule has 2 aromatic rings. The predicted molar refractivity (Wildman–Crippen MR) is 107 cm³/mol. The summed E-state index contributed by atoms with van der Waals surface area (Å²) in [5.74, 6) is 0.00280. The lowest BCUT2D eigenvalue weighted by Gasteiger charge is -2.27. The van der Waals surface area contributed by atoms with Crippen molar-refractivity contribution < 1.29 is 23.8 Å². The number of ether oxygens (including phenoxy) is 3. The normalized spacial score (nSPS) is 17.9. The average Bonchev–Trinajstić information content (AvgIpc) is 3.15. The summed E-state index contributed by atoms with van der Waals surface area (Å²) in [6.07, 6.45) is 0.0753. The van der Waals surface area contributed by atoms with E-state index >= 15 is 0 Å². The zero-order valence-electron chi connectivity index (χ0n) is 15.5. The van der Waals surface area contributed by atoms with Crippen LogP contribution in [0.15, 0.2) is 47.7 Å². The van der Waals surface area contributed by atoms with Gasteiger partial charge in [0.2, 0.25) is 12.7 Å².